The molecule has 0 radical (unpaired) electrons. The molecule has 1 fully saturated rings. The first kappa shape index (κ1) is 9.71. The number of imide groups is 1. The molecule has 15 heavy (non-hydrogen) atoms. The molecule has 1 aromatic rings. The number of aryl methyl sites for hydroxylation is 1. The van der Waals surface area contributed by atoms with Gasteiger partial charge in [-0.15, -0.1) is 0 Å². The van der Waals surface area contributed by atoms with Crippen molar-refractivity contribution in [1.82, 2.24) is 4.90 Å². The smallest absolute Gasteiger partial charge is 0.417 e. The van der Waals surface area contributed by atoms with Gasteiger partial charge in [0.15, 0.2) is 6.61 Å². The molecule has 4 nitrogen and oxygen atoms in total. The Morgan fingerprint density at radius 3 is 2.80 bits per heavy atom. The van der Waals surface area contributed by atoms with Gasteiger partial charge < -0.3 is 4.74 Å². The van der Waals surface area contributed by atoms with Crippen LogP contribution in [0.25, 0.3) is 0 Å². The van der Waals surface area contributed by atoms with Gasteiger partial charge in [-0.25, -0.2) is 9.69 Å². The summed E-state index contributed by atoms with van der Waals surface area (Å²) in [5.74, 6) is -0.276. The topological polar surface area (TPSA) is 46.6 Å². The van der Waals surface area contributed by atoms with Crippen molar-refractivity contribution >= 4 is 12.0 Å². The van der Waals surface area contributed by atoms with E-state index in [1.807, 2.05) is 31.2 Å². The predicted molar refractivity (Wildman–Crippen MR) is 53.1 cm³/mol. The van der Waals surface area contributed by atoms with Crippen LogP contribution in [0.4, 0.5) is 4.79 Å². The van der Waals surface area contributed by atoms with Crippen molar-refractivity contribution in [2.45, 2.75) is 13.5 Å². The zero-order valence-corrected chi connectivity index (χ0v) is 8.40. The summed E-state index contributed by atoms with van der Waals surface area (Å²) >= 11 is 0. The lowest BCUT2D eigenvalue weighted by Crippen LogP contribution is -2.28. The minimum Gasteiger partial charge on any atom is -0.439 e. The largest absolute Gasteiger partial charge is 0.439 e. The minimum atomic E-state index is -0.554. The average Bonchev–Trinajstić information content (AvgIpc) is 2.50. The van der Waals surface area contributed by atoms with Crippen LogP contribution >= 0.6 is 0 Å². The molecule has 1 heterocycles. The minimum absolute atomic E-state index is 0.134. The van der Waals surface area contributed by atoms with E-state index >= 15 is 0 Å². The fourth-order valence-electron chi connectivity index (χ4n) is 1.53. The van der Waals surface area contributed by atoms with Gasteiger partial charge in [0.25, 0.3) is 5.91 Å². The van der Waals surface area contributed by atoms with Crippen LogP contribution in [0.1, 0.15) is 11.1 Å². The molecule has 4 heteroatoms. The maximum Gasteiger partial charge on any atom is 0.417 e. The number of rotatable bonds is 2. The van der Waals surface area contributed by atoms with Crippen LogP contribution in [0.15, 0.2) is 24.3 Å². The van der Waals surface area contributed by atoms with Crippen molar-refractivity contribution < 1.29 is 14.3 Å². The highest BCUT2D eigenvalue weighted by Crippen LogP contribution is 2.12. The molecular formula is C11H11NO3. The first-order valence-corrected chi connectivity index (χ1v) is 4.69. The third-order valence-corrected chi connectivity index (χ3v) is 2.26. The van der Waals surface area contributed by atoms with E-state index in [1.54, 1.807) is 0 Å². The Labute approximate surface area is 87.4 Å². The van der Waals surface area contributed by atoms with Crippen molar-refractivity contribution in [3.63, 3.8) is 0 Å². The van der Waals surface area contributed by atoms with Crippen molar-refractivity contribution in [3.05, 3.63) is 35.4 Å². The van der Waals surface area contributed by atoms with Crippen LogP contribution < -0.4 is 0 Å². The van der Waals surface area contributed by atoms with Gasteiger partial charge in [-0.05, 0) is 12.5 Å². The SMILES string of the molecule is Cc1cccc(CN2C(=O)COC2=O)c1. The number of benzene rings is 1. The number of ether oxygens (including phenoxy) is 1. The van der Waals surface area contributed by atoms with Gasteiger partial charge in [-0.2, -0.15) is 0 Å². The van der Waals surface area contributed by atoms with E-state index in [-0.39, 0.29) is 12.5 Å². The number of carbonyl (C=O) groups is 2. The zero-order valence-electron chi connectivity index (χ0n) is 8.40. The van der Waals surface area contributed by atoms with Gasteiger partial charge >= 0.3 is 6.09 Å². The van der Waals surface area contributed by atoms with Gasteiger partial charge in [0.05, 0.1) is 6.54 Å². The predicted octanol–water partition coefficient (Wildman–Crippen LogP) is 1.47. The Kier molecular flexibility index (Phi) is 2.41. The third-order valence-electron chi connectivity index (χ3n) is 2.26. The Bertz CT molecular complexity index is 398. The molecule has 1 aliphatic rings. The van der Waals surface area contributed by atoms with Crippen molar-refractivity contribution in [1.29, 1.82) is 0 Å². The molecule has 78 valence electrons. The second kappa shape index (κ2) is 3.73. The molecule has 0 aliphatic carbocycles. The summed E-state index contributed by atoms with van der Waals surface area (Å²) in [6.07, 6.45) is -0.554. The number of nitrogens with zero attached hydrogens (tertiary/aromatic N) is 1. The highest BCUT2D eigenvalue weighted by atomic mass is 16.6. The standard InChI is InChI=1S/C11H11NO3/c1-8-3-2-4-9(5-8)6-12-10(13)7-15-11(12)14/h2-5H,6-7H2,1H3. The second-order valence-corrected chi connectivity index (χ2v) is 3.52. The lowest BCUT2D eigenvalue weighted by Gasteiger charge is -2.10. The first-order valence-electron chi connectivity index (χ1n) is 4.69. The van der Waals surface area contributed by atoms with Crippen LogP contribution in [-0.2, 0) is 16.1 Å². The van der Waals surface area contributed by atoms with E-state index in [0.29, 0.717) is 6.54 Å². The van der Waals surface area contributed by atoms with Crippen LogP contribution in [0, 0.1) is 6.92 Å². The Balaban J connectivity index is 2.15. The van der Waals surface area contributed by atoms with Gasteiger partial charge in [0, 0.05) is 0 Å². The zero-order chi connectivity index (χ0) is 10.8. The molecule has 0 N–H and O–H groups in total. The molecular weight excluding hydrogens is 194 g/mol. The van der Waals surface area contributed by atoms with E-state index in [9.17, 15) is 9.59 Å². The average molecular weight is 205 g/mol. The summed E-state index contributed by atoms with van der Waals surface area (Å²) < 4.78 is 4.62. The van der Waals surface area contributed by atoms with E-state index in [4.69, 9.17) is 0 Å². The Hall–Kier alpha value is -1.84. The fourth-order valence-corrected chi connectivity index (χ4v) is 1.53. The number of cyclic esters (lactones) is 1. The van der Waals surface area contributed by atoms with Gasteiger partial charge in [-0.1, -0.05) is 29.8 Å². The molecule has 0 atom stereocenters. The van der Waals surface area contributed by atoms with E-state index in [2.05, 4.69) is 4.74 Å². The highest BCUT2D eigenvalue weighted by Gasteiger charge is 2.30. The molecule has 0 unspecified atom stereocenters. The number of carbonyl (C=O) groups excluding carboxylic acids is 2. The Morgan fingerprint density at radius 2 is 2.20 bits per heavy atom. The van der Waals surface area contributed by atoms with Crippen molar-refractivity contribution in [2.75, 3.05) is 6.61 Å². The van der Waals surface area contributed by atoms with Crippen LogP contribution in [-0.4, -0.2) is 23.5 Å². The molecule has 0 saturated carbocycles. The fraction of sp³-hybridized carbons (Fsp3) is 0.273. The number of hydrogen-bond donors (Lipinski definition) is 0. The van der Waals surface area contributed by atoms with E-state index in [1.165, 1.54) is 0 Å². The van der Waals surface area contributed by atoms with Crippen LogP contribution in [0.5, 0.6) is 0 Å². The maximum atomic E-state index is 11.3. The summed E-state index contributed by atoms with van der Waals surface area (Å²) in [7, 11) is 0. The number of hydrogen-bond acceptors (Lipinski definition) is 3. The molecule has 0 aromatic heterocycles. The van der Waals surface area contributed by atoms with Crippen molar-refractivity contribution in [3.8, 4) is 0 Å². The molecule has 1 saturated heterocycles. The second-order valence-electron chi connectivity index (χ2n) is 3.52. The molecule has 0 spiro atoms. The van der Waals surface area contributed by atoms with E-state index < -0.39 is 6.09 Å². The molecule has 2 rings (SSSR count). The lowest BCUT2D eigenvalue weighted by molar-refractivity contribution is -0.126. The Morgan fingerprint density at radius 1 is 1.40 bits per heavy atom. The summed E-state index contributed by atoms with van der Waals surface area (Å²) in [4.78, 5) is 23.5. The van der Waals surface area contributed by atoms with Crippen molar-refractivity contribution in [2.24, 2.45) is 0 Å². The normalized spacial score (nSPS) is 15.7. The van der Waals surface area contributed by atoms with Crippen LogP contribution in [0.2, 0.25) is 0 Å². The molecule has 1 aromatic carbocycles. The summed E-state index contributed by atoms with van der Waals surface area (Å²) in [6, 6.07) is 7.69. The third kappa shape index (κ3) is 1.98. The van der Waals surface area contributed by atoms with E-state index in [0.717, 1.165) is 16.0 Å². The maximum absolute atomic E-state index is 11.3. The summed E-state index contributed by atoms with van der Waals surface area (Å²) in [6.45, 7) is 2.12. The molecule has 0 bridgehead atoms. The quantitative estimate of drug-likeness (QED) is 0.734. The van der Waals surface area contributed by atoms with Gasteiger partial charge in [-0.3, -0.25) is 4.79 Å². The molecule has 1 aliphatic heterocycles. The monoisotopic (exact) mass is 205 g/mol. The van der Waals surface area contributed by atoms with Crippen LogP contribution in [0.3, 0.4) is 0 Å². The van der Waals surface area contributed by atoms with Gasteiger partial charge in [0.2, 0.25) is 0 Å². The highest BCUT2D eigenvalue weighted by molar-refractivity contribution is 5.97. The summed E-state index contributed by atoms with van der Waals surface area (Å²) in [5, 5.41) is 0. The first-order chi connectivity index (χ1) is 7.16. The lowest BCUT2D eigenvalue weighted by atomic mass is 10.1. The molecule has 2 amide bonds. The number of amides is 2. The van der Waals surface area contributed by atoms with Gasteiger partial charge in [0.1, 0.15) is 0 Å². The summed E-state index contributed by atoms with van der Waals surface area (Å²) in [5.41, 5.74) is 2.04.